The molecule has 2 rings (SSSR count). The second kappa shape index (κ2) is 6.60. The van der Waals surface area contributed by atoms with Crippen molar-refractivity contribution in [1.82, 2.24) is 4.90 Å². The second-order valence-electron chi connectivity index (χ2n) is 5.43. The Morgan fingerprint density at radius 1 is 1.47 bits per heavy atom. The first-order valence-electron chi connectivity index (χ1n) is 6.99. The summed E-state index contributed by atoms with van der Waals surface area (Å²) in [7, 11) is 0. The van der Waals surface area contributed by atoms with Crippen molar-refractivity contribution in [1.29, 1.82) is 0 Å². The highest BCUT2D eigenvalue weighted by Gasteiger charge is 2.23. The zero-order valence-corrected chi connectivity index (χ0v) is 12.5. The minimum Gasteiger partial charge on any atom is -0.489 e. The van der Waals surface area contributed by atoms with E-state index in [4.69, 9.17) is 22.1 Å². The van der Waals surface area contributed by atoms with Gasteiger partial charge in [-0.15, -0.1) is 0 Å². The van der Waals surface area contributed by atoms with E-state index in [2.05, 4.69) is 11.0 Å². The molecule has 1 fully saturated rings. The molecule has 19 heavy (non-hydrogen) atoms. The summed E-state index contributed by atoms with van der Waals surface area (Å²) in [5.41, 5.74) is 7.02. The minimum absolute atomic E-state index is 0.142. The molecule has 0 bridgehead atoms. The van der Waals surface area contributed by atoms with Crippen LogP contribution in [0.3, 0.4) is 0 Å². The van der Waals surface area contributed by atoms with E-state index in [9.17, 15) is 0 Å². The van der Waals surface area contributed by atoms with Crippen LogP contribution in [0.1, 0.15) is 32.3 Å². The first-order valence-corrected chi connectivity index (χ1v) is 7.37. The maximum Gasteiger partial charge on any atom is 0.138 e. The van der Waals surface area contributed by atoms with Gasteiger partial charge in [-0.05, 0) is 50.9 Å². The van der Waals surface area contributed by atoms with E-state index in [-0.39, 0.29) is 6.10 Å². The van der Waals surface area contributed by atoms with Crippen molar-refractivity contribution in [2.24, 2.45) is 5.73 Å². The van der Waals surface area contributed by atoms with Crippen molar-refractivity contribution < 1.29 is 4.74 Å². The highest BCUT2D eigenvalue weighted by Crippen LogP contribution is 2.28. The Bertz CT molecular complexity index is 423. The summed E-state index contributed by atoms with van der Waals surface area (Å²) in [5.74, 6) is 0.761. The molecule has 0 radical (unpaired) electrons. The Kier molecular flexibility index (Phi) is 5.08. The predicted molar refractivity (Wildman–Crippen MR) is 79.7 cm³/mol. The fourth-order valence-electron chi connectivity index (χ4n) is 2.60. The Labute approximate surface area is 120 Å². The third-order valence-electron chi connectivity index (χ3n) is 3.52. The molecule has 1 heterocycles. The van der Waals surface area contributed by atoms with E-state index in [0.29, 0.717) is 11.1 Å². The summed E-state index contributed by atoms with van der Waals surface area (Å²) >= 11 is 6.26. The monoisotopic (exact) mass is 282 g/mol. The average molecular weight is 283 g/mol. The van der Waals surface area contributed by atoms with Crippen LogP contribution >= 0.6 is 11.6 Å². The number of benzene rings is 1. The van der Waals surface area contributed by atoms with Crippen molar-refractivity contribution >= 4 is 11.6 Å². The van der Waals surface area contributed by atoms with E-state index in [1.165, 1.54) is 18.4 Å². The van der Waals surface area contributed by atoms with Gasteiger partial charge in [-0.25, -0.2) is 0 Å². The summed E-state index contributed by atoms with van der Waals surface area (Å²) in [5, 5.41) is 0.690. The molecule has 1 saturated heterocycles. The van der Waals surface area contributed by atoms with E-state index in [0.717, 1.165) is 25.4 Å². The zero-order chi connectivity index (χ0) is 13.8. The number of likely N-dealkylation sites (tertiary alicyclic amines) is 1. The van der Waals surface area contributed by atoms with Crippen LogP contribution in [0.25, 0.3) is 0 Å². The summed E-state index contributed by atoms with van der Waals surface area (Å²) in [6, 6.07) is 6.58. The van der Waals surface area contributed by atoms with Gasteiger partial charge in [-0.3, -0.25) is 4.90 Å². The van der Waals surface area contributed by atoms with Gasteiger partial charge in [0.2, 0.25) is 0 Å². The van der Waals surface area contributed by atoms with Gasteiger partial charge in [-0.2, -0.15) is 0 Å². The SMILES string of the molecule is CC(C)Oc1ccc(CN2CCCC2CN)cc1Cl. The van der Waals surface area contributed by atoms with Gasteiger partial charge in [0.05, 0.1) is 11.1 Å². The van der Waals surface area contributed by atoms with E-state index < -0.39 is 0 Å². The summed E-state index contributed by atoms with van der Waals surface area (Å²) in [6.45, 7) is 6.79. The molecule has 1 aliphatic heterocycles. The van der Waals surface area contributed by atoms with Crippen LogP contribution in [0.15, 0.2) is 18.2 Å². The van der Waals surface area contributed by atoms with Crippen molar-refractivity contribution in [3.63, 3.8) is 0 Å². The maximum absolute atomic E-state index is 6.26. The lowest BCUT2D eigenvalue weighted by Gasteiger charge is -2.23. The highest BCUT2D eigenvalue weighted by atomic mass is 35.5. The summed E-state index contributed by atoms with van der Waals surface area (Å²) < 4.78 is 5.65. The number of hydrogen-bond donors (Lipinski definition) is 1. The van der Waals surface area contributed by atoms with Crippen LogP contribution < -0.4 is 10.5 Å². The molecule has 0 aliphatic carbocycles. The molecule has 3 nitrogen and oxygen atoms in total. The standard InChI is InChI=1S/C15H23ClN2O/c1-11(2)19-15-6-5-12(8-14(15)16)10-18-7-3-4-13(18)9-17/h5-6,8,11,13H,3-4,7,9-10,17H2,1-2H3. The number of nitrogens with zero attached hydrogens (tertiary/aromatic N) is 1. The fourth-order valence-corrected chi connectivity index (χ4v) is 2.84. The van der Waals surface area contributed by atoms with Crippen molar-refractivity contribution in [3.8, 4) is 5.75 Å². The fraction of sp³-hybridized carbons (Fsp3) is 0.600. The van der Waals surface area contributed by atoms with E-state index >= 15 is 0 Å². The van der Waals surface area contributed by atoms with Crippen LogP contribution in [-0.4, -0.2) is 30.1 Å². The lowest BCUT2D eigenvalue weighted by molar-refractivity contribution is 0.241. The van der Waals surface area contributed by atoms with Crippen molar-refractivity contribution in [2.45, 2.75) is 45.4 Å². The maximum atomic E-state index is 6.26. The predicted octanol–water partition coefficient (Wildman–Crippen LogP) is 3.05. The van der Waals surface area contributed by atoms with Crippen molar-refractivity contribution in [3.05, 3.63) is 28.8 Å². The molecule has 0 spiro atoms. The normalized spacial score (nSPS) is 20.2. The summed E-state index contributed by atoms with van der Waals surface area (Å²) in [4.78, 5) is 2.44. The Morgan fingerprint density at radius 2 is 2.26 bits per heavy atom. The van der Waals surface area contributed by atoms with Crippen LogP contribution in [0.4, 0.5) is 0 Å². The summed E-state index contributed by atoms with van der Waals surface area (Å²) in [6.07, 6.45) is 2.59. The lowest BCUT2D eigenvalue weighted by atomic mass is 10.1. The van der Waals surface area contributed by atoms with Gasteiger partial charge >= 0.3 is 0 Å². The number of halogens is 1. The molecule has 2 N–H and O–H groups in total. The number of ether oxygens (including phenoxy) is 1. The number of rotatable bonds is 5. The zero-order valence-electron chi connectivity index (χ0n) is 11.7. The van der Waals surface area contributed by atoms with Gasteiger partial charge in [0.15, 0.2) is 0 Å². The van der Waals surface area contributed by atoms with Crippen molar-refractivity contribution in [2.75, 3.05) is 13.1 Å². The Hall–Kier alpha value is -0.770. The molecular formula is C15H23ClN2O. The first kappa shape index (κ1) is 14.6. The first-order chi connectivity index (χ1) is 9.10. The van der Waals surface area contributed by atoms with Crippen LogP contribution in [0, 0.1) is 0 Å². The van der Waals surface area contributed by atoms with E-state index in [1.54, 1.807) is 0 Å². The third kappa shape index (κ3) is 3.85. The average Bonchev–Trinajstić information content (AvgIpc) is 2.79. The molecule has 1 aromatic carbocycles. The molecule has 1 aliphatic rings. The van der Waals surface area contributed by atoms with Gasteiger partial charge in [0.1, 0.15) is 5.75 Å². The van der Waals surface area contributed by atoms with Gasteiger partial charge in [-0.1, -0.05) is 17.7 Å². The smallest absolute Gasteiger partial charge is 0.138 e. The van der Waals surface area contributed by atoms with Gasteiger partial charge < -0.3 is 10.5 Å². The second-order valence-corrected chi connectivity index (χ2v) is 5.84. The molecule has 1 aromatic rings. The molecular weight excluding hydrogens is 260 g/mol. The lowest BCUT2D eigenvalue weighted by Crippen LogP contribution is -2.34. The molecule has 0 amide bonds. The van der Waals surface area contributed by atoms with Crippen LogP contribution in [-0.2, 0) is 6.54 Å². The number of nitrogens with two attached hydrogens (primary N) is 1. The Morgan fingerprint density at radius 3 is 2.89 bits per heavy atom. The minimum atomic E-state index is 0.142. The molecule has 106 valence electrons. The number of hydrogen-bond acceptors (Lipinski definition) is 3. The molecule has 4 heteroatoms. The van der Waals surface area contributed by atoms with Crippen LogP contribution in [0.2, 0.25) is 5.02 Å². The largest absolute Gasteiger partial charge is 0.489 e. The molecule has 0 saturated carbocycles. The topological polar surface area (TPSA) is 38.5 Å². The highest BCUT2D eigenvalue weighted by molar-refractivity contribution is 6.32. The van der Waals surface area contributed by atoms with E-state index in [1.807, 2.05) is 26.0 Å². The van der Waals surface area contributed by atoms with Gasteiger partial charge in [0, 0.05) is 19.1 Å². The van der Waals surface area contributed by atoms with Gasteiger partial charge in [0.25, 0.3) is 0 Å². The quantitative estimate of drug-likeness (QED) is 0.902. The van der Waals surface area contributed by atoms with Crippen LogP contribution in [0.5, 0.6) is 5.75 Å². The Balaban J connectivity index is 2.03. The molecule has 1 unspecified atom stereocenters. The molecule has 0 aromatic heterocycles. The molecule has 1 atom stereocenters. The third-order valence-corrected chi connectivity index (χ3v) is 3.81.